The summed E-state index contributed by atoms with van der Waals surface area (Å²) in [6.07, 6.45) is -0.778. The molecular weight excluding hydrogens is 454 g/mol. The van der Waals surface area contributed by atoms with Crippen LogP contribution in [0, 0.1) is 11.3 Å². The number of carbonyl (C=O) groups is 2. The molecule has 0 aliphatic heterocycles. The van der Waals surface area contributed by atoms with Gasteiger partial charge in [-0.2, -0.15) is 5.26 Å². The fraction of sp³-hybridized carbons (Fsp3) is 0.192. The van der Waals surface area contributed by atoms with Crippen molar-refractivity contribution in [3.8, 4) is 11.8 Å². The first-order valence-electron chi connectivity index (χ1n) is 10.6. The molecule has 0 radical (unpaired) electrons. The number of nitrogens with one attached hydrogen (secondary N) is 1. The number of ether oxygens (including phenoxy) is 2. The minimum atomic E-state index is -0.778. The lowest BCUT2D eigenvalue weighted by Gasteiger charge is -2.22. The molecule has 0 aromatic heterocycles. The van der Waals surface area contributed by atoms with Gasteiger partial charge in [-0.25, -0.2) is 9.69 Å². The average Bonchev–Trinajstić information content (AvgIpc) is 2.87. The van der Waals surface area contributed by atoms with Crippen LogP contribution in [0.15, 0.2) is 78.9 Å². The summed E-state index contributed by atoms with van der Waals surface area (Å²) in [5.41, 5.74) is 1.72. The van der Waals surface area contributed by atoms with Crippen LogP contribution >= 0.6 is 11.6 Å². The normalized spacial score (nSPS) is 11.2. The minimum absolute atomic E-state index is 0.0410. The number of hydrogen-bond acceptors (Lipinski definition) is 6. The molecule has 0 aliphatic carbocycles. The molecular formula is C26H24ClN3O4. The van der Waals surface area contributed by atoms with E-state index in [0.717, 1.165) is 10.5 Å². The van der Waals surface area contributed by atoms with Crippen LogP contribution in [0.5, 0.6) is 5.75 Å². The second-order valence-corrected chi connectivity index (χ2v) is 7.91. The van der Waals surface area contributed by atoms with Gasteiger partial charge in [-0.1, -0.05) is 41.9 Å². The maximum absolute atomic E-state index is 13.0. The summed E-state index contributed by atoms with van der Waals surface area (Å²) in [7, 11) is 0. The number of hydrogen-bond donors (Lipinski definition) is 1. The topological polar surface area (TPSA) is 91.7 Å². The molecule has 0 bridgehead atoms. The van der Waals surface area contributed by atoms with Crippen LogP contribution in [0.3, 0.4) is 0 Å². The maximum Gasteiger partial charge on any atom is 0.421 e. The van der Waals surface area contributed by atoms with Gasteiger partial charge in [-0.3, -0.25) is 4.79 Å². The van der Waals surface area contributed by atoms with E-state index in [9.17, 15) is 9.59 Å². The molecule has 8 heteroatoms. The Labute approximate surface area is 203 Å². The van der Waals surface area contributed by atoms with Gasteiger partial charge in [-0.05, 0) is 61.0 Å². The van der Waals surface area contributed by atoms with Crippen molar-refractivity contribution in [3.05, 3.63) is 95.0 Å². The zero-order valence-electron chi connectivity index (χ0n) is 18.6. The summed E-state index contributed by atoms with van der Waals surface area (Å²) in [5, 5.41) is 12.4. The molecule has 0 saturated carbocycles. The van der Waals surface area contributed by atoms with Crippen LogP contribution < -0.4 is 15.0 Å². The molecule has 1 N–H and O–H groups in total. The number of imide groups is 1. The zero-order chi connectivity index (χ0) is 24.3. The molecule has 0 fully saturated rings. The summed E-state index contributed by atoms with van der Waals surface area (Å²) < 4.78 is 11.1. The molecule has 3 aromatic rings. The van der Waals surface area contributed by atoms with E-state index >= 15 is 0 Å². The van der Waals surface area contributed by atoms with Crippen LogP contribution in [0.2, 0.25) is 5.02 Å². The molecule has 1 atom stereocenters. The van der Waals surface area contributed by atoms with Crippen molar-refractivity contribution in [2.24, 2.45) is 0 Å². The number of nitriles is 1. The minimum Gasteiger partial charge on any atom is -0.492 e. The molecule has 0 saturated heterocycles. The van der Waals surface area contributed by atoms with E-state index < -0.39 is 12.0 Å². The van der Waals surface area contributed by atoms with Gasteiger partial charge in [0.05, 0.1) is 23.9 Å². The predicted octanol–water partition coefficient (Wildman–Crippen LogP) is 4.94. The third kappa shape index (κ3) is 7.34. The van der Waals surface area contributed by atoms with E-state index in [2.05, 4.69) is 11.4 Å². The van der Waals surface area contributed by atoms with Gasteiger partial charge in [0, 0.05) is 11.1 Å². The van der Waals surface area contributed by atoms with Crippen molar-refractivity contribution >= 4 is 29.3 Å². The van der Waals surface area contributed by atoms with E-state index in [1.165, 1.54) is 0 Å². The fourth-order valence-corrected chi connectivity index (χ4v) is 3.10. The average molecular weight is 478 g/mol. The molecule has 2 amide bonds. The second-order valence-electron chi connectivity index (χ2n) is 7.47. The summed E-state index contributed by atoms with van der Waals surface area (Å²) >= 11 is 5.96. The third-order valence-electron chi connectivity index (χ3n) is 4.81. The van der Waals surface area contributed by atoms with Gasteiger partial charge in [-0.15, -0.1) is 0 Å². The highest BCUT2D eigenvalue weighted by atomic mass is 35.5. The van der Waals surface area contributed by atoms with E-state index in [4.69, 9.17) is 26.3 Å². The van der Waals surface area contributed by atoms with Crippen LogP contribution in [0.4, 0.5) is 10.5 Å². The number of nitrogens with zero attached hydrogens (tertiary/aromatic N) is 2. The van der Waals surface area contributed by atoms with Crippen molar-refractivity contribution in [2.45, 2.75) is 19.6 Å². The quantitative estimate of drug-likeness (QED) is 0.469. The number of halogens is 1. The summed E-state index contributed by atoms with van der Waals surface area (Å²) in [6.45, 7) is 2.08. The first kappa shape index (κ1) is 24.8. The first-order chi connectivity index (χ1) is 16.5. The van der Waals surface area contributed by atoms with Gasteiger partial charge < -0.3 is 14.8 Å². The highest BCUT2D eigenvalue weighted by molar-refractivity contribution is 6.30. The van der Waals surface area contributed by atoms with Crippen LogP contribution in [0.25, 0.3) is 0 Å². The van der Waals surface area contributed by atoms with Crippen molar-refractivity contribution in [3.63, 3.8) is 0 Å². The Bertz CT molecular complexity index is 1130. The SMILES string of the molecule is CC(COc1ccc(C#N)cc1)NCC(=O)N(C(=O)OCc1ccccc1)c1ccc(Cl)cc1. The fourth-order valence-electron chi connectivity index (χ4n) is 2.97. The molecule has 7 nitrogen and oxygen atoms in total. The second kappa shape index (κ2) is 12.4. The monoisotopic (exact) mass is 477 g/mol. The van der Waals surface area contributed by atoms with Crippen LogP contribution in [-0.4, -0.2) is 31.2 Å². The molecule has 174 valence electrons. The van der Waals surface area contributed by atoms with Crippen molar-refractivity contribution in [2.75, 3.05) is 18.1 Å². The number of carbonyl (C=O) groups excluding carboxylic acids is 2. The molecule has 1 unspecified atom stereocenters. The lowest BCUT2D eigenvalue weighted by Crippen LogP contribution is -2.45. The van der Waals surface area contributed by atoms with E-state index in [1.54, 1.807) is 48.5 Å². The van der Waals surface area contributed by atoms with Crippen molar-refractivity contribution in [1.82, 2.24) is 5.32 Å². The van der Waals surface area contributed by atoms with Gasteiger partial charge >= 0.3 is 6.09 Å². The van der Waals surface area contributed by atoms with Crippen molar-refractivity contribution in [1.29, 1.82) is 5.26 Å². The Kier molecular flexibility index (Phi) is 9.04. The lowest BCUT2D eigenvalue weighted by atomic mass is 10.2. The lowest BCUT2D eigenvalue weighted by molar-refractivity contribution is -0.117. The van der Waals surface area contributed by atoms with Crippen LogP contribution in [0.1, 0.15) is 18.1 Å². The summed E-state index contributed by atoms with van der Waals surface area (Å²) in [5.74, 6) is 0.136. The van der Waals surface area contributed by atoms with Gasteiger partial charge in [0.1, 0.15) is 19.0 Å². The summed E-state index contributed by atoms with van der Waals surface area (Å²) in [4.78, 5) is 26.8. The molecule has 0 aliphatic rings. The molecule has 3 rings (SSSR count). The van der Waals surface area contributed by atoms with Gasteiger partial charge in [0.2, 0.25) is 5.91 Å². The van der Waals surface area contributed by atoms with Crippen LogP contribution in [-0.2, 0) is 16.1 Å². The molecule has 3 aromatic carbocycles. The van der Waals surface area contributed by atoms with E-state index in [0.29, 0.717) is 28.6 Å². The Hall–Kier alpha value is -3.86. The third-order valence-corrected chi connectivity index (χ3v) is 5.06. The zero-order valence-corrected chi connectivity index (χ0v) is 19.4. The van der Waals surface area contributed by atoms with Crippen molar-refractivity contribution < 1.29 is 19.1 Å². The standard InChI is InChI=1S/C26H24ClN3O4/c1-19(17-33-24-13-7-20(15-28)8-14-24)29-16-25(31)30(23-11-9-22(27)10-12-23)26(32)34-18-21-5-3-2-4-6-21/h2-14,19,29H,16-18H2,1H3. The maximum atomic E-state index is 13.0. The van der Waals surface area contributed by atoms with E-state index in [-0.39, 0.29) is 19.2 Å². The highest BCUT2D eigenvalue weighted by Gasteiger charge is 2.25. The van der Waals surface area contributed by atoms with E-state index in [1.807, 2.05) is 37.3 Å². The molecule has 0 spiro atoms. The number of benzene rings is 3. The highest BCUT2D eigenvalue weighted by Crippen LogP contribution is 2.20. The van der Waals surface area contributed by atoms with Gasteiger partial charge in [0.15, 0.2) is 0 Å². The first-order valence-corrected chi connectivity index (χ1v) is 11.0. The van der Waals surface area contributed by atoms with Gasteiger partial charge in [0.25, 0.3) is 0 Å². The Morgan fingerprint density at radius 3 is 2.35 bits per heavy atom. The smallest absolute Gasteiger partial charge is 0.421 e. The number of amides is 2. The molecule has 0 heterocycles. The Morgan fingerprint density at radius 1 is 1.03 bits per heavy atom. The largest absolute Gasteiger partial charge is 0.492 e. The number of rotatable bonds is 9. The summed E-state index contributed by atoms with van der Waals surface area (Å²) in [6, 6.07) is 24.2. The Morgan fingerprint density at radius 2 is 1.71 bits per heavy atom. The predicted molar refractivity (Wildman–Crippen MR) is 130 cm³/mol. The number of anilines is 1. The Balaban J connectivity index is 1.59. The molecule has 34 heavy (non-hydrogen) atoms.